The highest BCUT2D eigenvalue weighted by atomic mass is 79.9. The van der Waals surface area contributed by atoms with E-state index >= 15 is 0 Å². The van der Waals surface area contributed by atoms with E-state index in [1.54, 1.807) is 30.3 Å². The SMILES string of the molecule is O=C1S/C(=C/c2cccc(Br)c2)C(=O)N1c1cccc(Cl)c1. The molecule has 0 aliphatic carbocycles. The van der Waals surface area contributed by atoms with Crippen LogP contribution >= 0.6 is 39.3 Å². The molecule has 2 aromatic rings. The number of carbonyl (C=O) groups is 2. The van der Waals surface area contributed by atoms with Gasteiger partial charge in [0.05, 0.1) is 10.6 Å². The van der Waals surface area contributed by atoms with Crippen molar-refractivity contribution in [2.24, 2.45) is 0 Å². The van der Waals surface area contributed by atoms with Crippen LogP contribution in [0.5, 0.6) is 0 Å². The summed E-state index contributed by atoms with van der Waals surface area (Å²) < 4.78 is 0.912. The lowest BCUT2D eigenvalue weighted by Gasteiger charge is -2.12. The van der Waals surface area contributed by atoms with Gasteiger partial charge in [0.1, 0.15) is 0 Å². The van der Waals surface area contributed by atoms with Gasteiger partial charge < -0.3 is 0 Å². The van der Waals surface area contributed by atoms with Crippen molar-refractivity contribution in [3.05, 3.63) is 68.5 Å². The highest BCUT2D eigenvalue weighted by Gasteiger charge is 2.36. The Balaban J connectivity index is 1.95. The second kappa shape index (κ2) is 6.28. The van der Waals surface area contributed by atoms with E-state index in [0.717, 1.165) is 26.7 Å². The van der Waals surface area contributed by atoms with Crippen LogP contribution < -0.4 is 4.90 Å². The van der Waals surface area contributed by atoms with E-state index in [1.807, 2.05) is 24.3 Å². The monoisotopic (exact) mass is 393 g/mol. The Labute approximate surface area is 145 Å². The number of hydrogen-bond acceptors (Lipinski definition) is 3. The molecule has 0 bridgehead atoms. The van der Waals surface area contributed by atoms with Gasteiger partial charge in [0.25, 0.3) is 11.1 Å². The lowest BCUT2D eigenvalue weighted by atomic mass is 10.2. The van der Waals surface area contributed by atoms with Gasteiger partial charge in [-0.1, -0.05) is 45.7 Å². The fourth-order valence-corrected chi connectivity index (χ4v) is 3.50. The molecule has 0 N–H and O–H groups in total. The van der Waals surface area contributed by atoms with Crippen molar-refractivity contribution in [3.8, 4) is 0 Å². The molecule has 110 valence electrons. The quantitative estimate of drug-likeness (QED) is 0.645. The Morgan fingerprint density at radius 3 is 2.59 bits per heavy atom. The number of halogens is 2. The summed E-state index contributed by atoms with van der Waals surface area (Å²) in [6.45, 7) is 0. The van der Waals surface area contributed by atoms with E-state index in [0.29, 0.717) is 15.6 Å². The van der Waals surface area contributed by atoms with E-state index in [1.165, 1.54) is 0 Å². The molecule has 6 heteroatoms. The Hall–Kier alpha value is -1.56. The minimum atomic E-state index is -0.336. The topological polar surface area (TPSA) is 37.4 Å². The molecule has 2 amide bonds. The Morgan fingerprint density at radius 1 is 1.09 bits per heavy atom. The zero-order chi connectivity index (χ0) is 15.7. The van der Waals surface area contributed by atoms with Crippen LogP contribution in [0.25, 0.3) is 6.08 Å². The number of amides is 2. The third-order valence-electron chi connectivity index (χ3n) is 3.01. The van der Waals surface area contributed by atoms with Crippen molar-refractivity contribution >= 4 is 62.2 Å². The minimum absolute atomic E-state index is 0.325. The molecule has 1 heterocycles. The van der Waals surface area contributed by atoms with Crippen molar-refractivity contribution in [3.63, 3.8) is 0 Å². The number of carbonyl (C=O) groups excluding carboxylic acids is 2. The smallest absolute Gasteiger partial charge is 0.268 e. The summed E-state index contributed by atoms with van der Waals surface area (Å²) in [4.78, 5) is 26.1. The zero-order valence-electron chi connectivity index (χ0n) is 11.1. The Bertz CT molecular complexity index is 806. The summed E-state index contributed by atoms with van der Waals surface area (Å²) in [5.74, 6) is -0.336. The van der Waals surface area contributed by atoms with Gasteiger partial charge in [0, 0.05) is 9.50 Å². The fourth-order valence-electron chi connectivity index (χ4n) is 2.05. The highest BCUT2D eigenvalue weighted by Crippen LogP contribution is 2.36. The maximum atomic E-state index is 12.5. The first-order valence-electron chi connectivity index (χ1n) is 6.34. The van der Waals surface area contributed by atoms with Gasteiger partial charge >= 0.3 is 0 Å². The molecule has 22 heavy (non-hydrogen) atoms. The number of benzene rings is 2. The van der Waals surface area contributed by atoms with E-state index in [2.05, 4.69) is 15.9 Å². The van der Waals surface area contributed by atoms with Gasteiger partial charge in [-0.05, 0) is 53.7 Å². The zero-order valence-corrected chi connectivity index (χ0v) is 14.3. The maximum Gasteiger partial charge on any atom is 0.298 e. The highest BCUT2D eigenvalue weighted by molar-refractivity contribution is 9.10. The summed E-state index contributed by atoms with van der Waals surface area (Å²) in [7, 11) is 0. The summed E-state index contributed by atoms with van der Waals surface area (Å²) in [6.07, 6.45) is 1.71. The van der Waals surface area contributed by atoms with Crippen molar-refractivity contribution in [1.29, 1.82) is 0 Å². The van der Waals surface area contributed by atoms with Gasteiger partial charge in [0.2, 0.25) is 0 Å². The Kier molecular flexibility index (Phi) is 4.38. The predicted octanol–water partition coefficient (Wildman–Crippen LogP) is 5.34. The van der Waals surface area contributed by atoms with Gasteiger partial charge in [-0.25, -0.2) is 4.90 Å². The molecule has 0 aromatic heterocycles. The van der Waals surface area contributed by atoms with Crippen LogP contribution in [-0.2, 0) is 4.79 Å². The predicted molar refractivity (Wildman–Crippen MR) is 94.0 cm³/mol. The molecule has 1 aliphatic rings. The summed E-state index contributed by atoms with van der Waals surface area (Å²) in [6, 6.07) is 14.2. The summed E-state index contributed by atoms with van der Waals surface area (Å²) in [5.41, 5.74) is 1.33. The molecule has 0 atom stereocenters. The number of hydrogen-bond donors (Lipinski definition) is 0. The van der Waals surface area contributed by atoms with E-state index < -0.39 is 0 Å². The first-order valence-corrected chi connectivity index (χ1v) is 8.32. The molecule has 1 aliphatic heterocycles. The molecule has 0 spiro atoms. The first kappa shape index (κ1) is 15.3. The van der Waals surface area contributed by atoms with Gasteiger partial charge in [-0.3, -0.25) is 9.59 Å². The maximum absolute atomic E-state index is 12.5. The van der Waals surface area contributed by atoms with Crippen LogP contribution in [0.4, 0.5) is 10.5 Å². The van der Waals surface area contributed by atoms with Crippen LogP contribution in [0, 0.1) is 0 Å². The number of rotatable bonds is 2. The average molecular weight is 395 g/mol. The van der Waals surface area contributed by atoms with Crippen LogP contribution in [0.1, 0.15) is 5.56 Å². The minimum Gasteiger partial charge on any atom is -0.268 e. The molecule has 0 saturated carbocycles. The third kappa shape index (κ3) is 3.11. The molecule has 3 nitrogen and oxygen atoms in total. The van der Waals surface area contributed by atoms with Crippen LogP contribution in [0.2, 0.25) is 5.02 Å². The number of imide groups is 1. The lowest BCUT2D eigenvalue weighted by Crippen LogP contribution is -2.27. The van der Waals surface area contributed by atoms with Crippen LogP contribution in [0.15, 0.2) is 57.9 Å². The number of nitrogens with zero attached hydrogens (tertiary/aromatic N) is 1. The first-order chi connectivity index (χ1) is 10.5. The molecular formula is C16H9BrClNO2S. The largest absolute Gasteiger partial charge is 0.298 e. The molecule has 3 rings (SSSR count). The summed E-state index contributed by atoms with van der Waals surface area (Å²) in [5, 5.41) is 0.154. The standard InChI is InChI=1S/C16H9BrClNO2S/c17-11-4-1-3-10(7-11)8-14-15(20)19(16(21)22-14)13-6-2-5-12(18)9-13/h1-9H/b14-8+. The summed E-state index contributed by atoms with van der Waals surface area (Å²) >= 11 is 10.2. The second-order valence-corrected chi connectivity index (χ2v) is 6.90. The van der Waals surface area contributed by atoms with Gasteiger partial charge in [0.15, 0.2) is 0 Å². The van der Waals surface area contributed by atoms with E-state index in [-0.39, 0.29) is 11.1 Å². The third-order valence-corrected chi connectivity index (χ3v) is 4.60. The molecule has 2 aromatic carbocycles. The number of thioether (sulfide) groups is 1. The van der Waals surface area contributed by atoms with E-state index in [4.69, 9.17) is 11.6 Å². The van der Waals surface area contributed by atoms with Crippen molar-refractivity contribution in [2.45, 2.75) is 0 Å². The number of anilines is 1. The second-order valence-electron chi connectivity index (χ2n) is 4.55. The molecule has 1 fully saturated rings. The van der Waals surface area contributed by atoms with Gasteiger partial charge in [-0.15, -0.1) is 0 Å². The fraction of sp³-hybridized carbons (Fsp3) is 0. The van der Waals surface area contributed by atoms with Crippen molar-refractivity contribution in [1.82, 2.24) is 0 Å². The van der Waals surface area contributed by atoms with Crippen molar-refractivity contribution in [2.75, 3.05) is 4.90 Å². The lowest BCUT2D eigenvalue weighted by molar-refractivity contribution is -0.113. The molecule has 1 saturated heterocycles. The molecule has 0 radical (unpaired) electrons. The molecular weight excluding hydrogens is 386 g/mol. The van der Waals surface area contributed by atoms with Gasteiger partial charge in [-0.2, -0.15) is 0 Å². The van der Waals surface area contributed by atoms with Crippen LogP contribution in [0.3, 0.4) is 0 Å². The normalized spacial score (nSPS) is 16.6. The van der Waals surface area contributed by atoms with Crippen molar-refractivity contribution < 1.29 is 9.59 Å². The van der Waals surface area contributed by atoms with E-state index in [9.17, 15) is 9.59 Å². The Morgan fingerprint density at radius 2 is 1.86 bits per heavy atom. The average Bonchev–Trinajstić information content (AvgIpc) is 2.73. The molecule has 0 unspecified atom stereocenters. The van der Waals surface area contributed by atoms with Crippen LogP contribution in [-0.4, -0.2) is 11.1 Å².